The minimum absolute atomic E-state index is 0.0707. The second-order valence-corrected chi connectivity index (χ2v) is 16.1. The van der Waals surface area contributed by atoms with Gasteiger partial charge in [0.05, 0.1) is 0 Å². The van der Waals surface area contributed by atoms with Gasteiger partial charge in [0.25, 0.3) is 0 Å². The van der Waals surface area contributed by atoms with Gasteiger partial charge >= 0.3 is 0 Å². The first-order chi connectivity index (χ1) is 22.5. The van der Waals surface area contributed by atoms with Crippen LogP contribution in [0.2, 0.25) is 0 Å². The molecule has 0 saturated carbocycles. The zero-order chi connectivity index (χ0) is 33.3. The molecule has 0 aromatic heterocycles. The Morgan fingerprint density at radius 1 is 0.511 bits per heavy atom. The van der Waals surface area contributed by atoms with Crippen molar-refractivity contribution in [2.24, 2.45) is 0 Å². The average molecular weight is 855 g/mol. The summed E-state index contributed by atoms with van der Waals surface area (Å²) in [7, 11) is 0. The molecule has 0 atom stereocenters. The van der Waals surface area contributed by atoms with Crippen molar-refractivity contribution in [3.8, 4) is 22.3 Å². The van der Waals surface area contributed by atoms with Crippen molar-refractivity contribution in [3.05, 3.63) is 179 Å². The van der Waals surface area contributed by atoms with Crippen LogP contribution in [0.5, 0.6) is 0 Å². The number of hydrogen-bond acceptors (Lipinski definition) is 1. The predicted octanol–water partition coefficient (Wildman–Crippen LogP) is 13.0. The van der Waals surface area contributed by atoms with E-state index in [1.54, 1.807) is 0 Å². The molecule has 4 heteroatoms. The quantitative estimate of drug-likeness (QED) is 0.136. The van der Waals surface area contributed by atoms with Gasteiger partial charge < -0.3 is 5.73 Å². The molecule has 6 aromatic carbocycles. The van der Waals surface area contributed by atoms with E-state index in [0.29, 0.717) is 0 Å². The van der Waals surface area contributed by atoms with Gasteiger partial charge in [0.2, 0.25) is 0 Å². The fraction of sp³-hybridized carbons (Fsp3) is 0.163. The third-order valence-corrected chi connectivity index (χ3v) is 12.6. The zero-order valence-electron chi connectivity index (χ0n) is 27.1. The maximum absolute atomic E-state index is 5.89. The number of benzene rings is 6. The van der Waals surface area contributed by atoms with Gasteiger partial charge in [0.1, 0.15) is 0 Å². The largest absolute Gasteiger partial charge is 0.399 e. The molecule has 0 spiro atoms. The van der Waals surface area contributed by atoms with Gasteiger partial charge in [0.15, 0.2) is 0 Å². The molecule has 0 unspecified atom stereocenters. The lowest BCUT2D eigenvalue weighted by molar-refractivity contribution is 0.659. The SMILES string of the molecule is Brc1ccccc1I.CC1(C)c2ccccc2-c2ccc(Cc3ccccc3Br)cc21.CC1(C)c2ccccc2-c2ccc(N)cc21. The molecular weight excluding hydrogens is 817 g/mol. The highest BCUT2D eigenvalue weighted by Crippen LogP contribution is 2.50. The number of anilines is 1. The summed E-state index contributed by atoms with van der Waals surface area (Å²) in [6.07, 6.45) is 0.959. The van der Waals surface area contributed by atoms with Crippen LogP contribution in [-0.2, 0) is 17.3 Å². The summed E-state index contributed by atoms with van der Waals surface area (Å²) in [4.78, 5) is 0. The summed E-state index contributed by atoms with van der Waals surface area (Å²) < 4.78 is 3.61. The second-order valence-electron chi connectivity index (χ2n) is 13.2. The maximum Gasteiger partial charge on any atom is 0.0317 e. The summed E-state index contributed by atoms with van der Waals surface area (Å²) in [5, 5.41) is 0. The van der Waals surface area contributed by atoms with E-state index >= 15 is 0 Å². The summed E-state index contributed by atoms with van der Waals surface area (Å²) in [6, 6.07) is 47.2. The highest BCUT2D eigenvalue weighted by atomic mass is 127. The van der Waals surface area contributed by atoms with Crippen LogP contribution < -0.4 is 5.73 Å². The normalized spacial score (nSPS) is 13.9. The number of fused-ring (bicyclic) bond motifs is 6. The van der Waals surface area contributed by atoms with Crippen molar-refractivity contribution in [1.29, 1.82) is 0 Å². The maximum atomic E-state index is 5.89. The molecule has 0 fully saturated rings. The van der Waals surface area contributed by atoms with Crippen LogP contribution in [0.15, 0.2) is 142 Å². The van der Waals surface area contributed by atoms with Crippen LogP contribution in [0, 0.1) is 3.57 Å². The molecule has 6 aromatic rings. The molecule has 47 heavy (non-hydrogen) atoms. The Morgan fingerprint density at radius 3 is 1.53 bits per heavy atom. The lowest BCUT2D eigenvalue weighted by Gasteiger charge is -2.22. The van der Waals surface area contributed by atoms with Crippen molar-refractivity contribution in [1.82, 2.24) is 0 Å². The molecule has 0 bridgehead atoms. The molecule has 8 rings (SSSR count). The van der Waals surface area contributed by atoms with E-state index in [-0.39, 0.29) is 10.8 Å². The third-order valence-electron chi connectivity index (χ3n) is 9.43. The smallest absolute Gasteiger partial charge is 0.0317 e. The fourth-order valence-corrected chi connectivity index (χ4v) is 7.98. The van der Waals surface area contributed by atoms with E-state index in [2.05, 4.69) is 191 Å². The Hall–Kier alpha value is -3.19. The van der Waals surface area contributed by atoms with Crippen LogP contribution in [0.3, 0.4) is 0 Å². The number of halogens is 3. The van der Waals surface area contributed by atoms with Crippen molar-refractivity contribution in [2.45, 2.75) is 44.9 Å². The Bertz CT molecular complexity index is 2060. The Kier molecular flexibility index (Phi) is 9.85. The molecule has 0 heterocycles. The molecule has 2 aliphatic rings. The van der Waals surface area contributed by atoms with Crippen LogP contribution in [0.25, 0.3) is 22.3 Å². The Labute approximate surface area is 310 Å². The van der Waals surface area contributed by atoms with Crippen molar-refractivity contribution >= 4 is 60.1 Å². The predicted molar refractivity (Wildman–Crippen MR) is 216 cm³/mol. The first kappa shape index (κ1) is 33.7. The van der Waals surface area contributed by atoms with Gasteiger partial charge in [-0.2, -0.15) is 0 Å². The van der Waals surface area contributed by atoms with Gasteiger partial charge in [0, 0.05) is 29.0 Å². The summed E-state index contributed by atoms with van der Waals surface area (Å²) in [5.41, 5.74) is 20.7. The lowest BCUT2D eigenvalue weighted by Crippen LogP contribution is -2.15. The van der Waals surface area contributed by atoms with Crippen molar-refractivity contribution in [3.63, 3.8) is 0 Å². The first-order valence-electron chi connectivity index (χ1n) is 15.8. The van der Waals surface area contributed by atoms with E-state index in [0.717, 1.165) is 12.1 Å². The molecule has 236 valence electrons. The van der Waals surface area contributed by atoms with E-state index in [1.807, 2.05) is 24.3 Å². The number of hydrogen-bond donors (Lipinski definition) is 1. The van der Waals surface area contributed by atoms with Gasteiger partial charge in [-0.05, 0) is 131 Å². The zero-order valence-corrected chi connectivity index (χ0v) is 32.4. The molecule has 1 nitrogen and oxygen atoms in total. The molecule has 0 saturated heterocycles. The molecule has 0 radical (unpaired) electrons. The van der Waals surface area contributed by atoms with Gasteiger partial charge in [-0.1, -0.05) is 147 Å². The van der Waals surface area contributed by atoms with Crippen molar-refractivity contribution < 1.29 is 0 Å². The van der Waals surface area contributed by atoms with Crippen molar-refractivity contribution in [2.75, 3.05) is 5.73 Å². The molecular formula is C43H38Br2IN. The topological polar surface area (TPSA) is 26.0 Å². The Balaban J connectivity index is 0.000000139. The molecule has 0 amide bonds. The number of nitrogens with two attached hydrogens (primary N) is 1. The van der Waals surface area contributed by atoms with Gasteiger partial charge in [-0.25, -0.2) is 0 Å². The van der Waals surface area contributed by atoms with Crippen LogP contribution in [0.1, 0.15) is 61.1 Å². The van der Waals surface area contributed by atoms with Gasteiger partial charge in [-0.3, -0.25) is 0 Å². The van der Waals surface area contributed by atoms with E-state index < -0.39 is 0 Å². The standard InChI is InChI=1S/C22H19Br.C15H15N.C6H4BrI/c1-22(2)19-9-5-4-8-17(19)18-12-11-15(14-20(18)22)13-16-7-3-6-10-21(16)23;1-15(2)13-6-4-3-5-11(13)12-8-7-10(16)9-14(12)15;7-5-3-1-2-4-6(5)8/h3-12,14H,13H2,1-2H3;3-9H,16H2,1-2H3;1-4H. The summed E-state index contributed by atoms with van der Waals surface area (Å²) in [6.45, 7) is 9.19. The molecule has 0 aliphatic heterocycles. The van der Waals surface area contributed by atoms with E-state index in [9.17, 15) is 0 Å². The lowest BCUT2D eigenvalue weighted by atomic mass is 9.81. The Morgan fingerprint density at radius 2 is 0.979 bits per heavy atom. The summed E-state index contributed by atoms with van der Waals surface area (Å²) in [5.74, 6) is 0. The minimum atomic E-state index is 0.0707. The monoisotopic (exact) mass is 853 g/mol. The third kappa shape index (κ3) is 6.75. The highest BCUT2D eigenvalue weighted by Gasteiger charge is 2.36. The number of rotatable bonds is 2. The molecule has 2 N–H and O–H groups in total. The summed E-state index contributed by atoms with van der Waals surface area (Å²) >= 11 is 9.33. The van der Waals surface area contributed by atoms with Gasteiger partial charge in [-0.15, -0.1) is 0 Å². The average Bonchev–Trinajstić information content (AvgIpc) is 3.43. The minimum Gasteiger partial charge on any atom is -0.399 e. The van der Waals surface area contributed by atoms with E-state index in [1.165, 1.54) is 68.2 Å². The highest BCUT2D eigenvalue weighted by molar-refractivity contribution is 14.1. The molecule has 2 aliphatic carbocycles. The second kappa shape index (κ2) is 13.7. The number of nitrogen functional groups attached to an aromatic ring is 1. The fourth-order valence-electron chi connectivity index (χ4n) is 6.88. The van der Waals surface area contributed by atoms with E-state index in [4.69, 9.17) is 5.73 Å². The van der Waals surface area contributed by atoms with Crippen LogP contribution >= 0.6 is 54.5 Å². The van der Waals surface area contributed by atoms with Crippen LogP contribution in [0.4, 0.5) is 5.69 Å². The first-order valence-corrected chi connectivity index (χ1v) is 18.5. The van der Waals surface area contributed by atoms with Crippen LogP contribution in [-0.4, -0.2) is 0 Å².